The monoisotopic (exact) mass is 243 g/mol. The number of carboxylic acid groups (broad SMARTS) is 1. The fraction of sp³-hybridized carbons (Fsp3) is 0.556. The van der Waals surface area contributed by atoms with Gasteiger partial charge in [-0.3, -0.25) is 4.79 Å². The molecule has 0 bridgehead atoms. The van der Waals surface area contributed by atoms with Crippen molar-refractivity contribution in [1.29, 1.82) is 0 Å². The number of amides is 1. The molecule has 1 aromatic rings. The normalized spacial score (nSPS) is 13.2. The van der Waals surface area contributed by atoms with Gasteiger partial charge in [-0.05, 0) is 16.9 Å². The van der Waals surface area contributed by atoms with Gasteiger partial charge in [-0.25, -0.2) is 4.79 Å². The van der Waals surface area contributed by atoms with Crippen LogP contribution >= 0.6 is 11.5 Å². The molecule has 0 aromatic carbocycles. The molecule has 88 valence electrons. The van der Waals surface area contributed by atoms with E-state index in [0.717, 1.165) is 11.5 Å². The largest absolute Gasteiger partial charge is 0.480 e. The molecule has 7 heteroatoms. The molecule has 1 atom stereocenters. The molecular weight excluding hydrogens is 230 g/mol. The van der Waals surface area contributed by atoms with E-state index in [1.54, 1.807) is 20.8 Å². The molecule has 1 amide bonds. The summed E-state index contributed by atoms with van der Waals surface area (Å²) in [6.45, 7) is 5.22. The maximum Gasteiger partial charge on any atom is 0.326 e. The summed E-state index contributed by atoms with van der Waals surface area (Å²) >= 11 is 1.04. The summed E-state index contributed by atoms with van der Waals surface area (Å²) in [6, 6.07) is -0.957. The van der Waals surface area contributed by atoms with Gasteiger partial charge in [0.2, 0.25) is 0 Å². The van der Waals surface area contributed by atoms with Crippen LogP contribution in [-0.4, -0.2) is 32.6 Å². The Bertz CT molecular complexity index is 383. The van der Waals surface area contributed by atoms with Crippen molar-refractivity contribution in [2.24, 2.45) is 5.41 Å². The fourth-order valence-electron chi connectivity index (χ4n) is 1.12. The van der Waals surface area contributed by atoms with Gasteiger partial charge in [-0.15, -0.1) is 5.10 Å². The Labute approximate surface area is 96.8 Å². The first-order valence-electron chi connectivity index (χ1n) is 4.63. The Kier molecular flexibility index (Phi) is 3.58. The highest BCUT2D eigenvalue weighted by atomic mass is 32.1. The van der Waals surface area contributed by atoms with Gasteiger partial charge < -0.3 is 10.4 Å². The maximum absolute atomic E-state index is 11.6. The molecule has 0 aliphatic rings. The molecule has 1 rings (SSSR count). The summed E-state index contributed by atoms with van der Waals surface area (Å²) in [5.74, 6) is -1.58. The number of carbonyl (C=O) groups is 2. The van der Waals surface area contributed by atoms with Crippen molar-refractivity contribution in [3.63, 3.8) is 0 Å². The predicted octanol–water partition coefficient (Wildman–Crippen LogP) is 0.767. The van der Waals surface area contributed by atoms with E-state index in [1.807, 2.05) is 0 Å². The zero-order chi connectivity index (χ0) is 12.3. The van der Waals surface area contributed by atoms with Crippen LogP contribution in [0.15, 0.2) is 5.38 Å². The molecule has 0 unspecified atom stereocenters. The summed E-state index contributed by atoms with van der Waals surface area (Å²) in [7, 11) is 0. The average molecular weight is 243 g/mol. The highest BCUT2D eigenvalue weighted by molar-refractivity contribution is 7.03. The van der Waals surface area contributed by atoms with Crippen LogP contribution in [0.25, 0.3) is 0 Å². The van der Waals surface area contributed by atoms with Crippen LogP contribution < -0.4 is 5.32 Å². The van der Waals surface area contributed by atoms with Crippen molar-refractivity contribution in [3.8, 4) is 0 Å². The van der Waals surface area contributed by atoms with E-state index in [-0.39, 0.29) is 5.69 Å². The van der Waals surface area contributed by atoms with E-state index in [2.05, 4.69) is 14.9 Å². The van der Waals surface area contributed by atoms with Gasteiger partial charge in [-0.1, -0.05) is 25.3 Å². The lowest BCUT2D eigenvalue weighted by atomic mass is 9.87. The van der Waals surface area contributed by atoms with Crippen molar-refractivity contribution in [1.82, 2.24) is 14.9 Å². The number of carboxylic acids is 1. The standard InChI is InChI=1S/C9H13N3O3S/c1-9(2,3)6(8(14)15)10-7(13)5-4-16-12-11-5/h4,6H,1-3H3,(H,10,13)(H,14,15)/t6-/m1/s1. The number of carbonyl (C=O) groups excluding carboxylic acids is 1. The second-order valence-corrected chi connectivity index (χ2v) is 5.01. The number of nitrogens with zero attached hydrogens (tertiary/aromatic N) is 2. The molecule has 0 saturated carbocycles. The van der Waals surface area contributed by atoms with Crippen LogP contribution in [0.4, 0.5) is 0 Å². The Balaban J connectivity index is 2.78. The summed E-state index contributed by atoms with van der Waals surface area (Å²) < 4.78 is 3.54. The van der Waals surface area contributed by atoms with Crippen molar-refractivity contribution in [3.05, 3.63) is 11.1 Å². The topological polar surface area (TPSA) is 92.2 Å². The predicted molar refractivity (Wildman–Crippen MR) is 58.3 cm³/mol. The van der Waals surface area contributed by atoms with Gasteiger partial charge in [0, 0.05) is 5.38 Å². The maximum atomic E-state index is 11.6. The highest BCUT2D eigenvalue weighted by Crippen LogP contribution is 2.19. The average Bonchev–Trinajstić information content (AvgIpc) is 2.63. The van der Waals surface area contributed by atoms with E-state index in [0.29, 0.717) is 0 Å². The molecule has 2 N–H and O–H groups in total. The molecule has 0 aliphatic carbocycles. The second kappa shape index (κ2) is 4.56. The van der Waals surface area contributed by atoms with Gasteiger partial charge in [0.1, 0.15) is 6.04 Å². The molecule has 6 nitrogen and oxygen atoms in total. The van der Waals surface area contributed by atoms with E-state index in [4.69, 9.17) is 5.11 Å². The van der Waals surface area contributed by atoms with Crippen molar-refractivity contribution in [2.75, 3.05) is 0 Å². The first-order chi connectivity index (χ1) is 7.32. The fourth-order valence-corrected chi connectivity index (χ4v) is 1.55. The number of aromatic nitrogens is 2. The van der Waals surface area contributed by atoms with E-state index < -0.39 is 23.3 Å². The Morgan fingerprint density at radius 1 is 1.50 bits per heavy atom. The van der Waals surface area contributed by atoms with E-state index >= 15 is 0 Å². The minimum Gasteiger partial charge on any atom is -0.480 e. The zero-order valence-corrected chi connectivity index (χ0v) is 10.0. The first kappa shape index (κ1) is 12.6. The number of hydrogen-bond acceptors (Lipinski definition) is 5. The third-order valence-corrected chi connectivity index (χ3v) is 2.49. The Hall–Kier alpha value is -1.50. The first-order valence-corrected chi connectivity index (χ1v) is 5.46. The lowest BCUT2D eigenvalue weighted by molar-refractivity contribution is -0.142. The van der Waals surface area contributed by atoms with Gasteiger partial charge in [-0.2, -0.15) is 0 Å². The lowest BCUT2D eigenvalue weighted by Gasteiger charge is -2.27. The van der Waals surface area contributed by atoms with Gasteiger partial charge in [0.15, 0.2) is 5.69 Å². The zero-order valence-electron chi connectivity index (χ0n) is 9.22. The third kappa shape index (κ3) is 2.99. The minimum atomic E-state index is -1.07. The Morgan fingerprint density at radius 3 is 2.50 bits per heavy atom. The van der Waals surface area contributed by atoms with Crippen LogP contribution in [0.2, 0.25) is 0 Å². The van der Waals surface area contributed by atoms with Gasteiger partial charge in [0.25, 0.3) is 5.91 Å². The molecule has 1 aromatic heterocycles. The van der Waals surface area contributed by atoms with Gasteiger partial charge in [0.05, 0.1) is 0 Å². The molecule has 16 heavy (non-hydrogen) atoms. The smallest absolute Gasteiger partial charge is 0.326 e. The number of hydrogen-bond donors (Lipinski definition) is 2. The number of nitrogens with one attached hydrogen (secondary N) is 1. The summed E-state index contributed by atoms with van der Waals surface area (Å²) in [5.41, 5.74) is -0.425. The van der Waals surface area contributed by atoms with Crippen LogP contribution in [0, 0.1) is 5.41 Å². The molecular formula is C9H13N3O3S. The summed E-state index contributed by atoms with van der Waals surface area (Å²) in [5, 5.41) is 16.5. The minimum absolute atomic E-state index is 0.139. The van der Waals surface area contributed by atoms with Crippen LogP contribution in [0.1, 0.15) is 31.3 Å². The van der Waals surface area contributed by atoms with E-state index in [9.17, 15) is 9.59 Å². The quantitative estimate of drug-likeness (QED) is 0.818. The molecule has 0 radical (unpaired) electrons. The molecule has 0 fully saturated rings. The number of rotatable bonds is 3. The summed E-state index contributed by atoms with van der Waals surface area (Å²) in [6.07, 6.45) is 0. The second-order valence-electron chi connectivity index (χ2n) is 4.40. The molecule has 1 heterocycles. The number of aliphatic carboxylic acids is 1. The molecule has 0 saturated heterocycles. The Morgan fingerprint density at radius 2 is 2.12 bits per heavy atom. The third-order valence-electron chi connectivity index (χ3n) is 1.98. The van der Waals surface area contributed by atoms with Crippen LogP contribution in [0.3, 0.4) is 0 Å². The summed E-state index contributed by atoms with van der Waals surface area (Å²) in [4.78, 5) is 22.6. The van der Waals surface area contributed by atoms with Crippen molar-refractivity contribution in [2.45, 2.75) is 26.8 Å². The highest BCUT2D eigenvalue weighted by Gasteiger charge is 2.33. The lowest BCUT2D eigenvalue weighted by Crippen LogP contribution is -2.49. The van der Waals surface area contributed by atoms with Gasteiger partial charge >= 0.3 is 5.97 Å². The molecule has 0 aliphatic heterocycles. The van der Waals surface area contributed by atoms with Crippen LogP contribution in [0.5, 0.6) is 0 Å². The van der Waals surface area contributed by atoms with Crippen molar-refractivity contribution >= 4 is 23.4 Å². The van der Waals surface area contributed by atoms with Crippen LogP contribution in [-0.2, 0) is 4.79 Å². The molecule has 0 spiro atoms. The van der Waals surface area contributed by atoms with E-state index in [1.165, 1.54) is 5.38 Å². The van der Waals surface area contributed by atoms with Crippen molar-refractivity contribution < 1.29 is 14.7 Å². The SMILES string of the molecule is CC(C)(C)[C@H](NC(=O)c1csnn1)C(=O)O.